The van der Waals surface area contributed by atoms with Gasteiger partial charge in [0.1, 0.15) is 12.4 Å². The van der Waals surface area contributed by atoms with Gasteiger partial charge in [-0.15, -0.1) is 0 Å². The van der Waals surface area contributed by atoms with Crippen molar-refractivity contribution in [1.29, 1.82) is 0 Å². The molecule has 4 rings (SSSR count). The molecule has 1 aliphatic carbocycles. The largest absolute Gasteiger partial charge is 0.474 e. The first-order valence-corrected chi connectivity index (χ1v) is 10.0. The molecule has 6 heteroatoms. The van der Waals surface area contributed by atoms with Gasteiger partial charge in [-0.25, -0.2) is 4.98 Å². The average Bonchev–Trinajstić information content (AvgIpc) is 2.90. The fraction of sp³-hybridized carbons (Fsp3) is 0.409. The number of rotatable bonds is 3. The lowest BCUT2D eigenvalue weighted by Gasteiger charge is -2.25. The van der Waals surface area contributed by atoms with Crippen molar-refractivity contribution in [3.63, 3.8) is 0 Å². The third-order valence-electron chi connectivity index (χ3n) is 4.94. The van der Waals surface area contributed by atoms with Crippen molar-refractivity contribution in [3.8, 4) is 5.88 Å². The molecule has 1 aliphatic heterocycles. The van der Waals surface area contributed by atoms with E-state index in [1.165, 1.54) is 5.56 Å². The van der Waals surface area contributed by atoms with Crippen molar-refractivity contribution in [1.82, 2.24) is 9.88 Å². The van der Waals surface area contributed by atoms with Crippen LogP contribution < -0.4 is 4.74 Å². The van der Waals surface area contributed by atoms with Crippen LogP contribution in [0.25, 0.3) is 0 Å². The van der Waals surface area contributed by atoms with Crippen LogP contribution in [0, 0.1) is 5.92 Å². The van der Waals surface area contributed by atoms with Crippen molar-refractivity contribution in [2.24, 2.45) is 10.9 Å². The molecule has 0 radical (unpaired) electrons. The number of pyridine rings is 1. The van der Waals surface area contributed by atoms with E-state index in [9.17, 15) is 4.79 Å². The molecule has 0 N–H and O–H groups in total. The summed E-state index contributed by atoms with van der Waals surface area (Å²) in [5.41, 5.74) is 2.23. The normalized spacial score (nSPS) is 21.6. The lowest BCUT2D eigenvalue weighted by Crippen LogP contribution is -2.24. The minimum atomic E-state index is 0.232. The highest BCUT2D eigenvalue weighted by Gasteiger charge is 2.21. The summed E-state index contributed by atoms with van der Waals surface area (Å²) < 4.78 is 5.72. The number of aliphatic imine (C=N–C) groups is 1. The first-order chi connectivity index (χ1) is 13.6. The SMILES string of the molecule is CN1CC=Nc2ccc(Cl)cc2C1.O=CC1CCC(Oc2ccccn2)CC1. The Labute approximate surface area is 171 Å². The third kappa shape index (κ3) is 6.14. The molecule has 5 nitrogen and oxygen atoms in total. The fourth-order valence-corrected chi connectivity index (χ4v) is 3.57. The Morgan fingerprint density at radius 1 is 1.18 bits per heavy atom. The number of halogens is 1. The Balaban J connectivity index is 0.000000162. The molecule has 0 saturated heterocycles. The average molecular weight is 400 g/mol. The minimum absolute atomic E-state index is 0.232. The minimum Gasteiger partial charge on any atom is -0.474 e. The molecule has 1 saturated carbocycles. The van der Waals surface area contributed by atoms with Crippen LogP contribution in [0.5, 0.6) is 5.88 Å². The Bertz CT molecular complexity index is 790. The molecular formula is C22H26ClN3O2. The van der Waals surface area contributed by atoms with Crippen LogP contribution >= 0.6 is 11.6 Å². The fourth-order valence-electron chi connectivity index (χ4n) is 3.37. The zero-order valence-corrected chi connectivity index (χ0v) is 16.9. The third-order valence-corrected chi connectivity index (χ3v) is 5.18. The number of aldehydes is 1. The van der Waals surface area contributed by atoms with Crippen molar-refractivity contribution in [3.05, 3.63) is 53.2 Å². The molecule has 0 bridgehead atoms. The van der Waals surface area contributed by atoms with Crippen LogP contribution in [-0.2, 0) is 11.3 Å². The summed E-state index contributed by atoms with van der Waals surface area (Å²) in [6.07, 6.45) is 8.77. The monoisotopic (exact) mass is 399 g/mol. The number of aromatic nitrogens is 1. The van der Waals surface area contributed by atoms with E-state index >= 15 is 0 Å². The molecule has 1 aromatic carbocycles. The van der Waals surface area contributed by atoms with Crippen LogP contribution in [0.3, 0.4) is 0 Å². The van der Waals surface area contributed by atoms with Gasteiger partial charge in [0.15, 0.2) is 0 Å². The van der Waals surface area contributed by atoms with Crippen molar-refractivity contribution >= 4 is 29.8 Å². The predicted octanol–water partition coefficient (Wildman–Crippen LogP) is 4.71. The lowest BCUT2D eigenvalue weighted by atomic mass is 9.88. The van der Waals surface area contributed by atoms with Crippen molar-refractivity contribution < 1.29 is 9.53 Å². The molecule has 148 valence electrons. The molecule has 2 aromatic rings. The molecule has 0 amide bonds. The molecule has 2 heterocycles. The van der Waals surface area contributed by atoms with E-state index in [1.54, 1.807) is 6.20 Å². The number of hydrogen-bond acceptors (Lipinski definition) is 5. The van der Waals surface area contributed by atoms with E-state index in [2.05, 4.69) is 21.9 Å². The van der Waals surface area contributed by atoms with Gasteiger partial charge in [0.25, 0.3) is 0 Å². The predicted molar refractivity (Wildman–Crippen MR) is 113 cm³/mol. The maximum absolute atomic E-state index is 10.6. The standard InChI is InChI=1S/C12H15NO2.C10H11ClN2/c14-9-10-4-6-11(7-5-10)15-12-3-1-2-8-13-12;1-13-5-4-12-10-3-2-9(11)6-8(10)7-13/h1-3,8-11H,4-7H2;2-4,6H,5,7H2,1H3. The number of benzene rings is 1. The van der Waals surface area contributed by atoms with Crippen molar-refractivity contribution in [2.45, 2.75) is 38.3 Å². The topological polar surface area (TPSA) is 54.8 Å². The van der Waals surface area contributed by atoms with Gasteiger partial charge in [-0.3, -0.25) is 9.89 Å². The molecule has 1 aromatic heterocycles. The maximum atomic E-state index is 10.6. The van der Waals surface area contributed by atoms with E-state index < -0.39 is 0 Å². The zero-order chi connectivity index (χ0) is 19.8. The summed E-state index contributed by atoms with van der Waals surface area (Å²) in [6, 6.07) is 11.5. The summed E-state index contributed by atoms with van der Waals surface area (Å²) >= 11 is 5.91. The van der Waals surface area contributed by atoms with Gasteiger partial charge in [0.05, 0.1) is 5.69 Å². The second kappa shape index (κ2) is 10.3. The molecular weight excluding hydrogens is 374 g/mol. The van der Waals surface area contributed by atoms with Gasteiger partial charge in [-0.1, -0.05) is 17.7 Å². The second-order valence-corrected chi connectivity index (χ2v) is 7.68. The van der Waals surface area contributed by atoms with E-state index in [4.69, 9.17) is 16.3 Å². The zero-order valence-electron chi connectivity index (χ0n) is 16.1. The summed E-state index contributed by atoms with van der Waals surface area (Å²) in [5.74, 6) is 0.931. The van der Waals surface area contributed by atoms with Crippen molar-refractivity contribution in [2.75, 3.05) is 13.6 Å². The number of fused-ring (bicyclic) bond motifs is 1. The van der Waals surface area contributed by atoms with E-state index in [0.717, 1.165) is 55.8 Å². The summed E-state index contributed by atoms with van der Waals surface area (Å²) in [6.45, 7) is 1.81. The quantitative estimate of drug-likeness (QED) is 0.701. The Morgan fingerprint density at radius 3 is 2.71 bits per heavy atom. The van der Waals surface area contributed by atoms with Gasteiger partial charge in [-0.05, 0) is 62.6 Å². The lowest BCUT2D eigenvalue weighted by molar-refractivity contribution is -0.112. The smallest absolute Gasteiger partial charge is 0.213 e. The summed E-state index contributed by atoms with van der Waals surface area (Å²) in [4.78, 5) is 21.2. The van der Waals surface area contributed by atoms with E-state index in [1.807, 2.05) is 42.6 Å². The van der Waals surface area contributed by atoms with Gasteiger partial charge in [-0.2, -0.15) is 0 Å². The van der Waals surface area contributed by atoms with Gasteiger partial charge >= 0.3 is 0 Å². The van der Waals surface area contributed by atoms with E-state index in [-0.39, 0.29) is 12.0 Å². The number of ether oxygens (including phenoxy) is 1. The number of carbonyl (C=O) groups is 1. The summed E-state index contributed by atoms with van der Waals surface area (Å²) in [7, 11) is 2.07. The Hall–Kier alpha value is -2.24. The van der Waals surface area contributed by atoms with Gasteiger partial charge in [0.2, 0.25) is 5.88 Å². The summed E-state index contributed by atoms with van der Waals surface area (Å²) in [5, 5.41) is 0.782. The first-order valence-electron chi connectivity index (χ1n) is 9.66. The first kappa shape index (κ1) is 20.5. The van der Waals surface area contributed by atoms with Crippen LogP contribution in [0.15, 0.2) is 47.6 Å². The van der Waals surface area contributed by atoms with Crippen LogP contribution in [0.4, 0.5) is 5.69 Å². The second-order valence-electron chi connectivity index (χ2n) is 7.24. The number of hydrogen-bond donors (Lipinski definition) is 0. The highest BCUT2D eigenvalue weighted by atomic mass is 35.5. The van der Waals surface area contributed by atoms with Crippen LogP contribution in [-0.4, -0.2) is 42.1 Å². The van der Waals surface area contributed by atoms with Crippen LogP contribution in [0.1, 0.15) is 31.2 Å². The Morgan fingerprint density at radius 2 is 2.00 bits per heavy atom. The molecule has 1 fully saturated rings. The Kier molecular flexibility index (Phi) is 7.57. The molecule has 0 atom stereocenters. The molecule has 0 unspecified atom stereocenters. The van der Waals surface area contributed by atoms with Gasteiger partial charge in [0, 0.05) is 42.5 Å². The van der Waals surface area contributed by atoms with Gasteiger partial charge < -0.3 is 9.53 Å². The number of carbonyl (C=O) groups excluding carboxylic acids is 1. The number of nitrogens with zero attached hydrogens (tertiary/aromatic N) is 3. The van der Waals surface area contributed by atoms with E-state index in [0.29, 0.717) is 5.88 Å². The highest BCUT2D eigenvalue weighted by Crippen LogP contribution is 2.26. The molecule has 28 heavy (non-hydrogen) atoms. The highest BCUT2D eigenvalue weighted by molar-refractivity contribution is 6.30. The maximum Gasteiger partial charge on any atom is 0.213 e. The van der Waals surface area contributed by atoms with Crippen LogP contribution in [0.2, 0.25) is 5.02 Å². The molecule has 2 aliphatic rings. The molecule has 0 spiro atoms.